The van der Waals surface area contributed by atoms with Crippen LogP contribution in [0.4, 0.5) is 4.79 Å². The molecule has 3 heteroatoms. The molecule has 0 bridgehead atoms. The second-order valence-electron chi connectivity index (χ2n) is 1.61. The van der Waals surface area contributed by atoms with Gasteiger partial charge in [-0.2, -0.15) is 0 Å². The summed E-state index contributed by atoms with van der Waals surface area (Å²) in [5.74, 6) is 2.36. The number of carbonyl (C=O) groups is 1. The molecule has 0 aliphatic heterocycles. The number of urea groups is 1. The first-order chi connectivity index (χ1) is 4.20. The van der Waals surface area contributed by atoms with E-state index in [0.717, 1.165) is 0 Å². The Kier molecular flexibility index (Phi) is 3.29. The van der Waals surface area contributed by atoms with Crippen LogP contribution in [0.15, 0.2) is 0 Å². The van der Waals surface area contributed by atoms with Crippen LogP contribution in [-0.2, 0) is 0 Å². The molecule has 0 spiro atoms. The standard InChI is InChI=1S/C6H10N2O/c1-4-5(2)8-6(9)7-3/h1,5H,2-3H3,(H2,7,8,9)/t5-/m0/s1. The van der Waals surface area contributed by atoms with E-state index in [-0.39, 0.29) is 12.1 Å². The largest absolute Gasteiger partial charge is 0.341 e. The molecule has 0 saturated carbocycles. The zero-order chi connectivity index (χ0) is 7.28. The summed E-state index contributed by atoms with van der Waals surface area (Å²) < 4.78 is 0. The predicted molar refractivity (Wildman–Crippen MR) is 35.9 cm³/mol. The van der Waals surface area contributed by atoms with Gasteiger partial charge in [0.1, 0.15) is 0 Å². The lowest BCUT2D eigenvalue weighted by atomic mass is 10.4. The Morgan fingerprint density at radius 1 is 1.78 bits per heavy atom. The topological polar surface area (TPSA) is 41.1 Å². The first kappa shape index (κ1) is 7.83. The van der Waals surface area contributed by atoms with Crippen molar-refractivity contribution in [2.75, 3.05) is 7.05 Å². The SMILES string of the molecule is C#C[C@H](C)NC(=O)NC. The first-order valence-electron chi connectivity index (χ1n) is 2.65. The molecular weight excluding hydrogens is 116 g/mol. The van der Waals surface area contributed by atoms with E-state index < -0.39 is 0 Å². The van der Waals surface area contributed by atoms with Crippen molar-refractivity contribution in [1.82, 2.24) is 10.6 Å². The zero-order valence-corrected chi connectivity index (χ0v) is 5.56. The third-order valence-electron chi connectivity index (χ3n) is 0.825. The van der Waals surface area contributed by atoms with Crippen molar-refractivity contribution >= 4 is 6.03 Å². The second kappa shape index (κ2) is 3.79. The summed E-state index contributed by atoms with van der Waals surface area (Å²) in [5.41, 5.74) is 0. The third-order valence-corrected chi connectivity index (χ3v) is 0.825. The van der Waals surface area contributed by atoms with E-state index in [1.807, 2.05) is 0 Å². The Bertz CT molecular complexity index is 136. The highest BCUT2D eigenvalue weighted by molar-refractivity contribution is 5.74. The van der Waals surface area contributed by atoms with E-state index in [0.29, 0.717) is 0 Å². The second-order valence-corrected chi connectivity index (χ2v) is 1.61. The molecular formula is C6H10N2O. The Morgan fingerprint density at radius 2 is 2.33 bits per heavy atom. The van der Waals surface area contributed by atoms with Gasteiger partial charge in [0.05, 0.1) is 6.04 Å². The average molecular weight is 126 g/mol. The molecule has 2 amide bonds. The van der Waals surface area contributed by atoms with E-state index in [1.165, 1.54) is 0 Å². The van der Waals surface area contributed by atoms with Crippen LogP contribution < -0.4 is 10.6 Å². The zero-order valence-electron chi connectivity index (χ0n) is 5.56. The van der Waals surface area contributed by atoms with Gasteiger partial charge in [0.2, 0.25) is 0 Å². The predicted octanol–water partition coefficient (Wildman–Crippen LogP) is -0.0629. The van der Waals surface area contributed by atoms with E-state index in [1.54, 1.807) is 14.0 Å². The Balaban J connectivity index is 3.50. The molecule has 0 unspecified atom stereocenters. The van der Waals surface area contributed by atoms with Gasteiger partial charge < -0.3 is 10.6 Å². The van der Waals surface area contributed by atoms with Crippen molar-refractivity contribution in [3.05, 3.63) is 0 Å². The molecule has 0 saturated heterocycles. The smallest absolute Gasteiger partial charge is 0.315 e. The van der Waals surface area contributed by atoms with Gasteiger partial charge >= 0.3 is 6.03 Å². The van der Waals surface area contributed by atoms with Crippen LogP contribution in [0.1, 0.15) is 6.92 Å². The van der Waals surface area contributed by atoms with Crippen molar-refractivity contribution in [1.29, 1.82) is 0 Å². The van der Waals surface area contributed by atoms with Gasteiger partial charge in [0.25, 0.3) is 0 Å². The van der Waals surface area contributed by atoms with Gasteiger partial charge in [-0.1, -0.05) is 5.92 Å². The Hall–Kier alpha value is -1.17. The molecule has 0 aliphatic rings. The van der Waals surface area contributed by atoms with Crippen molar-refractivity contribution in [3.63, 3.8) is 0 Å². The molecule has 0 aliphatic carbocycles. The quantitative estimate of drug-likeness (QED) is 0.475. The summed E-state index contributed by atoms with van der Waals surface area (Å²) in [5, 5.41) is 4.88. The molecule has 0 fully saturated rings. The molecule has 0 aromatic carbocycles. The summed E-state index contributed by atoms with van der Waals surface area (Å²) in [6.45, 7) is 1.73. The van der Waals surface area contributed by atoms with Crippen LogP contribution in [0.25, 0.3) is 0 Å². The number of amides is 2. The van der Waals surface area contributed by atoms with Gasteiger partial charge in [-0.05, 0) is 6.92 Å². The number of nitrogens with one attached hydrogen (secondary N) is 2. The van der Waals surface area contributed by atoms with Gasteiger partial charge in [-0.25, -0.2) is 4.79 Å². The molecule has 0 heterocycles. The molecule has 50 valence electrons. The normalized spacial score (nSPS) is 11.2. The van der Waals surface area contributed by atoms with Crippen LogP contribution in [-0.4, -0.2) is 19.1 Å². The molecule has 0 aromatic heterocycles. The molecule has 0 rings (SSSR count). The highest BCUT2D eigenvalue weighted by atomic mass is 16.2. The highest BCUT2D eigenvalue weighted by Gasteiger charge is 1.98. The van der Waals surface area contributed by atoms with Crippen molar-refractivity contribution in [2.24, 2.45) is 0 Å². The van der Waals surface area contributed by atoms with Crippen molar-refractivity contribution in [2.45, 2.75) is 13.0 Å². The molecule has 0 aromatic rings. The average Bonchev–Trinajstić information content (AvgIpc) is 1.87. The lowest BCUT2D eigenvalue weighted by Crippen LogP contribution is -2.38. The Labute approximate surface area is 54.8 Å². The van der Waals surface area contributed by atoms with Gasteiger partial charge in [-0.15, -0.1) is 6.42 Å². The van der Waals surface area contributed by atoms with Crippen LogP contribution in [0, 0.1) is 12.3 Å². The summed E-state index contributed by atoms with van der Waals surface area (Å²) >= 11 is 0. The molecule has 3 nitrogen and oxygen atoms in total. The number of carbonyl (C=O) groups excluding carboxylic acids is 1. The number of hydrogen-bond acceptors (Lipinski definition) is 1. The lowest BCUT2D eigenvalue weighted by Gasteiger charge is -2.04. The molecule has 9 heavy (non-hydrogen) atoms. The van der Waals surface area contributed by atoms with Gasteiger partial charge in [-0.3, -0.25) is 0 Å². The summed E-state index contributed by atoms with van der Waals surface area (Å²) in [4.78, 5) is 10.5. The van der Waals surface area contributed by atoms with Crippen molar-refractivity contribution < 1.29 is 4.79 Å². The molecule has 2 N–H and O–H groups in total. The number of terminal acetylenes is 1. The molecule has 1 atom stereocenters. The van der Waals surface area contributed by atoms with E-state index >= 15 is 0 Å². The van der Waals surface area contributed by atoms with Crippen LogP contribution >= 0.6 is 0 Å². The van der Waals surface area contributed by atoms with E-state index in [2.05, 4.69) is 16.6 Å². The van der Waals surface area contributed by atoms with Crippen LogP contribution in [0.5, 0.6) is 0 Å². The minimum atomic E-state index is -0.250. The van der Waals surface area contributed by atoms with E-state index in [9.17, 15) is 4.79 Å². The van der Waals surface area contributed by atoms with Crippen LogP contribution in [0.3, 0.4) is 0 Å². The fourth-order valence-corrected chi connectivity index (χ4v) is 0.310. The summed E-state index contributed by atoms with van der Waals surface area (Å²) in [7, 11) is 1.54. The maximum absolute atomic E-state index is 10.5. The lowest BCUT2D eigenvalue weighted by molar-refractivity contribution is 0.242. The fourth-order valence-electron chi connectivity index (χ4n) is 0.310. The Morgan fingerprint density at radius 3 is 2.67 bits per heavy atom. The maximum Gasteiger partial charge on any atom is 0.315 e. The number of rotatable bonds is 1. The highest BCUT2D eigenvalue weighted by Crippen LogP contribution is 1.74. The van der Waals surface area contributed by atoms with Crippen molar-refractivity contribution in [3.8, 4) is 12.3 Å². The fraction of sp³-hybridized carbons (Fsp3) is 0.500. The first-order valence-corrected chi connectivity index (χ1v) is 2.65. The number of hydrogen-bond donors (Lipinski definition) is 2. The third kappa shape index (κ3) is 3.42. The molecule has 0 radical (unpaired) electrons. The van der Waals surface area contributed by atoms with Crippen LogP contribution in [0.2, 0.25) is 0 Å². The maximum atomic E-state index is 10.5. The monoisotopic (exact) mass is 126 g/mol. The minimum Gasteiger partial charge on any atom is -0.341 e. The minimum absolute atomic E-state index is 0.204. The summed E-state index contributed by atoms with van der Waals surface area (Å²) in [6.07, 6.45) is 4.98. The van der Waals surface area contributed by atoms with E-state index in [4.69, 9.17) is 6.42 Å². The summed E-state index contributed by atoms with van der Waals surface area (Å²) in [6, 6.07) is -0.453. The van der Waals surface area contributed by atoms with Gasteiger partial charge in [0.15, 0.2) is 0 Å². The van der Waals surface area contributed by atoms with Gasteiger partial charge in [0, 0.05) is 7.05 Å².